The lowest BCUT2D eigenvalue weighted by atomic mass is 10.0. The molecular formula is C22H42O3. The highest BCUT2D eigenvalue weighted by Gasteiger charge is 2.08. The van der Waals surface area contributed by atoms with Crippen molar-refractivity contribution in [2.75, 3.05) is 0 Å². The molecule has 0 bridgehead atoms. The predicted molar refractivity (Wildman–Crippen MR) is 106 cm³/mol. The summed E-state index contributed by atoms with van der Waals surface area (Å²) >= 11 is 0. The van der Waals surface area contributed by atoms with Crippen LogP contribution in [0.25, 0.3) is 0 Å². The van der Waals surface area contributed by atoms with Crippen LogP contribution in [0.1, 0.15) is 129 Å². The summed E-state index contributed by atoms with van der Waals surface area (Å²) in [4.78, 5) is 22.6. The molecule has 0 N–H and O–H groups in total. The number of carbonyl (C=O) groups is 2. The van der Waals surface area contributed by atoms with Crippen LogP contribution in [0.15, 0.2) is 0 Å². The Hall–Kier alpha value is -0.860. The van der Waals surface area contributed by atoms with E-state index in [1.54, 1.807) is 0 Å². The van der Waals surface area contributed by atoms with Gasteiger partial charge in [-0.2, -0.15) is 0 Å². The summed E-state index contributed by atoms with van der Waals surface area (Å²) in [7, 11) is 0. The van der Waals surface area contributed by atoms with Crippen LogP contribution in [-0.4, -0.2) is 11.9 Å². The molecule has 148 valence electrons. The van der Waals surface area contributed by atoms with E-state index >= 15 is 0 Å². The molecule has 0 saturated heterocycles. The molecule has 0 spiro atoms. The highest BCUT2D eigenvalue weighted by atomic mass is 16.6. The molecule has 0 atom stereocenters. The van der Waals surface area contributed by atoms with Gasteiger partial charge in [-0.25, -0.2) is 0 Å². The lowest BCUT2D eigenvalue weighted by molar-refractivity contribution is -0.159. The van der Waals surface area contributed by atoms with Crippen molar-refractivity contribution in [1.29, 1.82) is 0 Å². The molecule has 0 aliphatic heterocycles. The van der Waals surface area contributed by atoms with Crippen LogP contribution in [-0.2, 0) is 14.3 Å². The maximum Gasteiger partial charge on any atom is 0.313 e. The van der Waals surface area contributed by atoms with Crippen LogP contribution in [0.3, 0.4) is 0 Å². The Labute approximate surface area is 156 Å². The van der Waals surface area contributed by atoms with Gasteiger partial charge < -0.3 is 4.74 Å². The van der Waals surface area contributed by atoms with E-state index in [1.165, 1.54) is 83.5 Å². The monoisotopic (exact) mass is 354 g/mol. The second kappa shape index (κ2) is 19.5. The van der Waals surface area contributed by atoms with Crippen molar-refractivity contribution in [1.82, 2.24) is 0 Å². The molecule has 0 aliphatic rings. The van der Waals surface area contributed by atoms with Gasteiger partial charge in [0.2, 0.25) is 0 Å². The zero-order valence-electron chi connectivity index (χ0n) is 17.0. The van der Waals surface area contributed by atoms with E-state index in [1.807, 2.05) is 6.92 Å². The predicted octanol–water partition coefficient (Wildman–Crippen LogP) is 7.12. The number of esters is 2. The number of carbonyl (C=O) groups excluding carboxylic acids is 2. The van der Waals surface area contributed by atoms with Gasteiger partial charge >= 0.3 is 11.9 Å². The highest BCUT2D eigenvalue weighted by molar-refractivity contribution is 5.85. The molecule has 0 fully saturated rings. The lowest BCUT2D eigenvalue weighted by Crippen LogP contribution is -2.11. The minimum absolute atomic E-state index is 0.338. The third kappa shape index (κ3) is 19.3. The molecule has 0 saturated carbocycles. The molecule has 0 radical (unpaired) electrons. The van der Waals surface area contributed by atoms with Crippen molar-refractivity contribution in [2.24, 2.45) is 0 Å². The normalized spacial score (nSPS) is 10.8. The van der Waals surface area contributed by atoms with Gasteiger partial charge in [0.25, 0.3) is 0 Å². The Morgan fingerprint density at radius 1 is 0.480 bits per heavy atom. The van der Waals surface area contributed by atoms with Gasteiger partial charge in [-0.15, -0.1) is 0 Å². The van der Waals surface area contributed by atoms with Crippen LogP contribution in [0, 0.1) is 0 Å². The molecule has 0 aromatic rings. The van der Waals surface area contributed by atoms with E-state index in [2.05, 4.69) is 6.92 Å². The summed E-state index contributed by atoms with van der Waals surface area (Å²) < 4.78 is 4.73. The highest BCUT2D eigenvalue weighted by Crippen LogP contribution is 2.13. The van der Waals surface area contributed by atoms with Crippen molar-refractivity contribution in [3.05, 3.63) is 0 Å². The van der Waals surface area contributed by atoms with Gasteiger partial charge in [-0.1, -0.05) is 104 Å². The van der Waals surface area contributed by atoms with E-state index in [0.717, 1.165) is 19.3 Å². The lowest BCUT2D eigenvalue weighted by Gasteiger charge is -2.04. The second-order valence-electron chi connectivity index (χ2n) is 7.30. The average molecular weight is 355 g/mol. The summed E-state index contributed by atoms with van der Waals surface area (Å²) in [5.74, 6) is -0.735. The van der Waals surface area contributed by atoms with Gasteiger partial charge in [0.15, 0.2) is 0 Å². The van der Waals surface area contributed by atoms with Crippen molar-refractivity contribution in [3.8, 4) is 0 Å². The fourth-order valence-corrected chi connectivity index (χ4v) is 3.07. The molecule has 0 aromatic heterocycles. The molecule has 3 nitrogen and oxygen atoms in total. The van der Waals surface area contributed by atoms with E-state index in [-0.39, 0.29) is 11.9 Å². The quantitative estimate of drug-likeness (QED) is 0.149. The fraction of sp³-hybridized carbons (Fsp3) is 0.909. The van der Waals surface area contributed by atoms with Gasteiger partial charge in [0.1, 0.15) is 0 Å². The molecule has 0 aromatic carbocycles. The molecule has 0 unspecified atom stereocenters. The molecule has 3 heteroatoms. The Bertz CT molecular complexity index is 312. The number of unbranched alkanes of at least 4 members (excludes halogenated alkanes) is 14. The molecule has 25 heavy (non-hydrogen) atoms. The van der Waals surface area contributed by atoms with Crippen molar-refractivity contribution < 1.29 is 14.3 Å². The summed E-state index contributed by atoms with van der Waals surface area (Å²) in [6.45, 7) is 4.17. The molecule has 0 amide bonds. The second-order valence-corrected chi connectivity index (χ2v) is 7.30. The smallest absolute Gasteiger partial charge is 0.313 e. The third-order valence-corrected chi connectivity index (χ3v) is 4.67. The molecular weight excluding hydrogens is 312 g/mol. The number of rotatable bonds is 18. The first kappa shape index (κ1) is 24.1. The van der Waals surface area contributed by atoms with E-state index in [9.17, 15) is 9.59 Å². The Balaban J connectivity index is 3.16. The SMILES string of the molecule is CCCCCCCCCCCCCCCCCC(=O)OC(=O)CCC. The molecule has 0 heterocycles. The van der Waals surface area contributed by atoms with Crippen LogP contribution < -0.4 is 0 Å². The number of ether oxygens (including phenoxy) is 1. The summed E-state index contributed by atoms with van der Waals surface area (Å²) in [5.41, 5.74) is 0. The standard InChI is InChI=1S/C22H42O3/c1-3-5-6-7-8-9-10-11-12-13-14-15-16-17-18-20-22(24)25-21(23)19-4-2/h3-20H2,1-2H3. The molecule has 0 rings (SSSR count). The van der Waals surface area contributed by atoms with Crippen LogP contribution in [0.2, 0.25) is 0 Å². The Morgan fingerprint density at radius 2 is 0.840 bits per heavy atom. The maximum absolute atomic E-state index is 11.4. The van der Waals surface area contributed by atoms with E-state index in [0.29, 0.717) is 12.8 Å². The van der Waals surface area contributed by atoms with Gasteiger partial charge in [0, 0.05) is 12.8 Å². The molecule has 0 aliphatic carbocycles. The number of hydrogen-bond acceptors (Lipinski definition) is 3. The fourth-order valence-electron chi connectivity index (χ4n) is 3.07. The van der Waals surface area contributed by atoms with E-state index < -0.39 is 0 Å². The zero-order chi connectivity index (χ0) is 18.6. The first-order chi connectivity index (χ1) is 12.2. The minimum Gasteiger partial charge on any atom is -0.393 e. The van der Waals surface area contributed by atoms with Gasteiger partial charge in [-0.3, -0.25) is 9.59 Å². The van der Waals surface area contributed by atoms with Crippen molar-refractivity contribution in [3.63, 3.8) is 0 Å². The van der Waals surface area contributed by atoms with Crippen molar-refractivity contribution in [2.45, 2.75) is 129 Å². The Morgan fingerprint density at radius 3 is 1.24 bits per heavy atom. The topological polar surface area (TPSA) is 43.4 Å². The van der Waals surface area contributed by atoms with Gasteiger partial charge in [0.05, 0.1) is 0 Å². The summed E-state index contributed by atoms with van der Waals surface area (Å²) in [6, 6.07) is 0. The van der Waals surface area contributed by atoms with Crippen LogP contribution in [0.4, 0.5) is 0 Å². The Kier molecular flexibility index (Phi) is 18.8. The van der Waals surface area contributed by atoms with Gasteiger partial charge in [-0.05, 0) is 12.8 Å². The largest absolute Gasteiger partial charge is 0.393 e. The average Bonchev–Trinajstić information content (AvgIpc) is 2.58. The summed E-state index contributed by atoms with van der Waals surface area (Å²) in [5, 5.41) is 0. The van der Waals surface area contributed by atoms with E-state index in [4.69, 9.17) is 4.74 Å². The van der Waals surface area contributed by atoms with Crippen LogP contribution in [0.5, 0.6) is 0 Å². The third-order valence-electron chi connectivity index (χ3n) is 4.67. The summed E-state index contributed by atoms with van der Waals surface area (Å²) in [6.07, 6.45) is 21.1. The minimum atomic E-state index is -0.381. The maximum atomic E-state index is 11.4. The number of hydrogen-bond donors (Lipinski definition) is 0. The first-order valence-electron chi connectivity index (χ1n) is 10.9. The van der Waals surface area contributed by atoms with Crippen LogP contribution >= 0.6 is 0 Å². The van der Waals surface area contributed by atoms with Crippen molar-refractivity contribution >= 4 is 11.9 Å². The first-order valence-corrected chi connectivity index (χ1v) is 10.9. The zero-order valence-corrected chi connectivity index (χ0v) is 17.0.